The number of aromatic nitrogens is 4. The van der Waals surface area contributed by atoms with Crippen LogP contribution in [-0.4, -0.2) is 25.7 Å². The van der Waals surface area contributed by atoms with Crippen molar-refractivity contribution in [3.8, 4) is 34.0 Å². The van der Waals surface area contributed by atoms with E-state index in [1.54, 1.807) is 30.3 Å². The van der Waals surface area contributed by atoms with Crippen LogP contribution in [0.4, 0.5) is 0 Å². The molecule has 0 saturated heterocycles. The molecule has 0 bridgehead atoms. The second-order valence-corrected chi connectivity index (χ2v) is 6.92. The number of hydrogen-bond acceptors (Lipinski definition) is 7. The molecule has 31 heavy (non-hydrogen) atoms. The molecule has 0 aliphatic rings. The minimum atomic E-state index is -0.146. The fraction of sp³-hybridized carbons (Fsp3) is 0.0435. The Morgan fingerprint density at radius 3 is 2.68 bits per heavy atom. The molecule has 2 aromatic heterocycles. The van der Waals surface area contributed by atoms with E-state index in [0.29, 0.717) is 40.3 Å². The largest absolute Gasteiger partial charge is 0.508 e. The maximum absolute atomic E-state index is 12.9. The van der Waals surface area contributed by atoms with E-state index in [4.69, 9.17) is 9.15 Å². The van der Waals surface area contributed by atoms with Crippen LogP contribution in [0, 0.1) is 0 Å². The van der Waals surface area contributed by atoms with Gasteiger partial charge in [0, 0.05) is 11.6 Å². The molecular weight excluding hydrogens is 396 g/mol. The van der Waals surface area contributed by atoms with Gasteiger partial charge in [-0.15, -0.1) is 5.10 Å². The Labute approximate surface area is 175 Å². The predicted octanol–water partition coefficient (Wildman–Crippen LogP) is 3.92. The Morgan fingerprint density at radius 1 is 1.00 bits per heavy atom. The molecule has 0 saturated carbocycles. The zero-order valence-corrected chi connectivity index (χ0v) is 16.1. The summed E-state index contributed by atoms with van der Waals surface area (Å²) in [6.45, 7) is 0.330. The number of aromatic amines is 1. The van der Waals surface area contributed by atoms with Gasteiger partial charge in [-0.05, 0) is 51.9 Å². The molecule has 5 aromatic rings. The number of fused-ring (bicyclic) bond motifs is 1. The van der Waals surface area contributed by atoms with Gasteiger partial charge in [0.05, 0.1) is 10.9 Å². The second-order valence-electron chi connectivity index (χ2n) is 6.92. The molecule has 2 N–H and O–H groups in total. The van der Waals surface area contributed by atoms with Gasteiger partial charge < -0.3 is 14.3 Å². The quantitative estimate of drug-likeness (QED) is 0.450. The van der Waals surface area contributed by atoms with E-state index in [1.165, 1.54) is 18.4 Å². The molecule has 0 amide bonds. The number of rotatable bonds is 5. The van der Waals surface area contributed by atoms with Gasteiger partial charge in [0.2, 0.25) is 0 Å². The number of nitrogens with one attached hydrogen (secondary N) is 1. The summed E-state index contributed by atoms with van der Waals surface area (Å²) in [7, 11) is 0. The van der Waals surface area contributed by atoms with Crippen molar-refractivity contribution in [3.05, 3.63) is 88.8 Å². The van der Waals surface area contributed by atoms with Gasteiger partial charge in [-0.1, -0.05) is 30.3 Å². The molecule has 8 heteroatoms. The fourth-order valence-electron chi connectivity index (χ4n) is 3.30. The van der Waals surface area contributed by atoms with Crippen LogP contribution < -0.4 is 10.2 Å². The van der Waals surface area contributed by atoms with Gasteiger partial charge in [-0.25, -0.2) is 5.10 Å². The van der Waals surface area contributed by atoms with Gasteiger partial charge in [-0.3, -0.25) is 4.79 Å². The topological polar surface area (TPSA) is 114 Å². The van der Waals surface area contributed by atoms with Gasteiger partial charge in [-0.2, -0.15) is 0 Å². The van der Waals surface area contributed by atoms with Crippen molar-refractivity contribution in [1.82, 2.24) is 20.6 Å². The zero-order valence-electron chi connectivity index (χ0n) is 16.1. The fourth-order valence-corrected chi connectivity index (χ4v) is 3.30. The SMILES string of the molecule is O=c1c(-c2ccc(O)cc2)coc2cc(OCc3cccc(-c4nnn[nH]4)c3)ccc12. The van der Waals surface area contributed by atoms with E-state index in [9.17, 15) is 9.90 Å². The number of ether oxygens (including phenoxy) is 1. The third-order valence-electron chi connectivity index (χ3n) is 4.88. The van der Waals surface area contributed by atoms with Crippen LogP contribution in [0.15, 0.2) is 82.2 Å². The lowest BCUT2D eigenvalue weighted by Crippen LogP contribution is -2.05. The van der Waals surface area contributed by atoms with Crippen molar-refractivity contribution in [1.29, 1.82) is 0 Å². The highest BCUT2D eigenvalue weighted by Gasteiger charge is 2.11. The van der Waals surface area contributed by atoms with E-state index in [1.807, 2.05) is 24.3 Å². The van der Waals surface area contributed by atoms with Gasteiger partial charge in [0.15, 0.2) is 11.3 Å². The number of tetrazole rings is 1. The van der Waals surface area contributed by atoms with E-state index in [0.717, 1.165) is 11.1 Å². The molecule has 2 heterocycles. The molecule has 5 rings (SSSR count). The molecule has 0 aliphatic heterocycles. The maximum atomic E-state index is 12.9. The van der Waals surface area contributed by atoms with Crippen LogP contribution >= 0.6 is 0 Å². The first-order valence-electron chi connectivity index (χ1n) is 9.48. The summed E-state index contributed by atoms with van der Waals surface area (Å²) in [5.41, 5.74) is 3.20. The van der Waals surface area contributed by atoms with Crippen LogP contribution in [0.5, 0.6) is 11.5 Å². The van der Waals surface area contributed by atoms with Gasteiger partial charge in [0.25, 0.3) is 0 Å². The Morgan fingerprint density at radius 2 is 1.87 bits per heavy atom. The summed E-state index contributed by atoms with van der Waals surface area (Å²) < 4.78 is 11.6. The van der Waals surface area contributed by atoms with Gasteiger partial charge >= 0.3 is 0 Å². The average molecular weight is 412 g/mol. The smallest absolute Gasteiger partial charge is 0.200 e. The van der Waals surface area contributed by atoms with E-state index in [-0.39, 0.29) is 11.2 Å². The standard InChI is InChI=1S/C23H16N4O4/c28-17-6-4-15(5-7-17)20-13-31-21-11-18(8-9-19(21)22(20)29)30-12-14-2-1-3-16(10-14)23-24-26-27-25-23/h1-11,13,28H,12H2,(H,24,25,26,27). The minimum Gasteiger partial charge on any atom is -0.508 e. The molecular formula is C23H16N4O4. The van der Waals surface area contributed by atoms with E-state index in [2.05, 4.69) is 20.6 Å². The maximum Gasteiger partial charge on any atom is 0.200 e. The van der Waals surface area contributed by atoms with Crippen LogP contribution in [-0.2, 0) is 6.61 Å². The molecule has 0 fully saturated rings. The lowest BCUT2D eigenvalue weighted by atomic mass is 10.1. The molecule has 0 unspecified atom stereocenters. The monoisotopic (exact) mass is 412 g/mol. The van der Waals surface area contributed by atoms with Crippen molar-refractivity contribution < 1.29 is 14.3 Å². The van der Waals surface area contributed by atoms with Crippen LogP contribution in [0.1, 0.15) is 5.56 Å². The third-order valence-corrected chi connectivity index (χ3v) is 4.88. The molecule has 0 atom stereocenters. The molecule has 3 aromatic carbocycles. The third kappa shape index (κ3) is 3.74. The number of hydrogen-bond donors (Lipinski definition) is 2. The summed E-state index contributed by atoms with van der Waals surface area (Å²) in [6, 6.07) is 19.2. The number of benzene rings is 3. The Balaban J connectivity index is 1.38. The molecule has 0 spiro atoms. The summed E-state index contributed by atoms with van der Waals surface area (Å²) >= 11 is 0. The lowest BCUT2D eigenvalue weighted by molar-refractivity contribution is 0.306. The zero-order chi connectivity index (χ0) is 21.2. The van der Waals surface area contributed by atoms with Crippen LogP contribution in [0.3, 0.4) is 0 Å². The van der Waals surface area contributed by atoms with Crippen molar-refractivity contribution >= 4 is 11.0 Å². The summed E-state index contributed by atoms with van der Waals surface area (Å²) in [6.07, 6.45) is 1.43. The van der Waals surface area contributed by atoms with Crippen molar-refractivity contribution in [2.45, 2.75) is 6.61 Å². The molecule has 152 valence electrons. The highest BCUT2D eigenvalue weighted by Crippen LogP contribution is 2.25. The second kappa shape index (κ2) is 7.75. The van der Waals surface area contributed by atoms with Crippen molar-refractivity contribution in [2.75, 3.05) is 0 Å². The predicted molar refractivity (Wildman–Crippen MR) is 114 cm³/mol. The highest BCUT2D eigenvalue weighted by molar-refractivity contribution is 5.82. The average Bonchev–Trinajstić information content (AvgIpc) is 3.34. The summed E-state index contributed by atoms with van der Waals surface area (Å²) in [4.78, 5) is 12.9. The summed E-state index contributed by atoms with van der Waals surface area (Å²) in [5, 5.41) is 23.7. The van der Waals surface area contributed by atoms with E-state index >= 15 is 0 Å². The number of aromatic hydroxyl groups is 1. The Bertz CT molecular complexity index is 1410. The summed E-state index contributed by atoms with van der Waals surface area (Å²) in [5.74, 6) is 1.30. The number of phenolic OH excluding ortho intramolecular Hbond substituents is 1. The molecule has 0 aliphatic carbocycles. The van der Waals surface area contributed by atoms with Gasteiger partial charge in [0.1, 0.15) is 30.0 Å². The van der Waals surface area contributed by atoms with Crippen LogP contribution in [0.25, 0.3) is 33.5 Å². The molecule has 8 nitrogen and oxygen atoms in total. The normalized spacial score (nSPS) is 11.0. The number of nitrogens with zero attached hydrogens (tertiary/aromatic N) is 3. The van der Waals surface area contributed by atoms with Crippen molar-refractivity contribution in [3.63, 3.8) is 0 Å². The Hall–Kier alpha value is -4.46. The number of phenols is 1. The number of H-pyrrole nitrogens is 1. The lowest BCUT2D eigenvalue weighted by Gasteiger charge is -2.08. The first kappa shape index (κ1) is 18.6. The molecule has 0 radical (unpaired) electrons. The minimum absolute atomic E-state index is 0.138. The van der Waals surface area contributed by atoms with Crippen LogP contribution in [0.2, 0.25) is 0 Å². The first-order valence-corrected chi connectivity index (χ1v) is 9.48. The highest BCUT2D eigenvalue weighted by atomic mass is 16.5. The first-order chi connectivity index (χ1) is 15.2. The van der Waals surface area contributed by atoms with E-state index < -0.39 is 0 Å². The van der Waals surface area contributed by atoms with Crippen molar-refractivity contribution in [2.24, 2.45) is 0 Å². The Kier molecular flexibility index (Phi) is 4.64.